The highest BCUT2D eigenvalue weighted by Gasteiger charge is 2.16. The standard InChI is InChI=1S/C17H20O3Si/c1-21(2,3)20-16-11-9-15(10-12-16)17(18)19-13-14-7-5-4-6-8-14/h4-12H,13H2,1-3H3. The average Bonchev–Trinajstić information content (AvgIpc) is 2.45. The van der Waals surface area contributed by atoms with Crippen molar-refractivity contribution >= 4 is 14.3 Å². The van der Waals surface area contributed by atoms with Crippen LogP contribution < -0.4 is 4.43 Å². The number of carbonyl (C=O) groups is 1. The third-order valence-electron chi connectivity index (χ3n) is 2.73. The number of ether oxygens (including phenoxy) is 1. The van der Waals surface area contributed by atoms with E-state index in [2.05, 4.69) is 19.6 Å². The molecular weight excluding hydrogens is 280 g/mol. The van der Waals surface area contributed by atoms with E-state index in [0.29, 0.717) is 5.56 Å². The van der Waals surface area contributed by atoms with E-state index >= 15 is 0 Å². The molecule has 2 aromatic rings. The first-order valence-electron chi connectivity index (χ1n) is 6.94. The fourth-order valence-corrected chi connectivity index (χ4v) is 2.66. The molecule has 2 rings (SSSR count). The number of benzene rings is 2. The first-order valence-corrected chi connectivity index (χ1v) is 10.3. The summed E-state index contributed by atoms with van der Waals surface area (Å²) in [4.78, 5) is 12.0. The minimum absolute atomic E-state index is 0.285. The first kappa shape index (κ1) is 15.3. The molecule has 0 atom stereocenters. The van der Waals surface area contributed by atoms with Crippen LogP contribution in [0.15, 0.2) is 54.6 Å². The molecule has 110 valence electrons. The van der Waals surface area contributed by atoms with Crippen molar-refractivity contribution in [1.82, 2.24) is 0 Å². The van der Waals surface area contributed by atoms with Gasteiger partial charge < -0.3 is 9.16 Å². The van der Waals surface area contributed by atoms with Crippen molar-refractivity contribution < 1.29 is 14.0 Å². The molecule has 0 saturated carbocycles. The normalized spacial score (nSPS) is 11.0. The molecule has 0 saturated heterocycles. The molecule has 0 heterocycles. The maximum absolute atomic E-state index is 12.0. The van der Waals surface area contributed by atoms with Crippen molar-refractivity contribution in [3.63, 3.8) is 0 Å². The summed E-state index contributed by atoms with van der Waals surface area (Å²) < 4.78 is 11.1. The Balaban J connectivity index is 1.94. The van der Waals surface area contributed by atoms with Crippen LogP contribution in [0.4, 0.5) is 0 Å². The van der Waals surface area contributed by atoms with E-state index in [1.165, 1.54) is 0 Å². The van der Waals surface area contributed by atoms with Crippen LogP contribution >= 0.6 is 0 Å². The molecule has 0 N–H and O–H groups in total. The van der Waals surface area contributed by atoms with Crippen molar-refractivity contribution in [3.05, 3.63) is 65.7 Å². The topological polar surface area (TPSA) is 35.5 Å². The fourth-order valence-electron chi connectivity index (χ4n) is 1.82. The van der Waals surface area contributed by atoms with Crippen molar-refractivity contribution in [2.24, 2.45) is 0 Å². The zero-order valence-electron chi connectivity index (χ0n) is 12.6. The minimum Gasteiger partial charge on any atom is -0.544 e. The van der Waals surface area contributed by atoms with Gasteiger partial charge in [0.05, 0.1) is 5.56 Å². The fraction of sp³-hybridized carbons (Fsp3) is 0.235. The van der Waals surface area contributed by atoms with E-state index in [-0.39, 0.29) is 12.6 Å². The lowest BCUT2D eigenvalue weighted by molar-refractivity contribution is 0.0472. The van der Waals surface area contributed by atoms with Gasteiger partial charge in [-0.25, -0.2) is 4.79 Å². The quantitative estimate of drug-likeness (QED) is 0.611. The summed E-state index contributed by atoms with van der Waals surface area (Å²) in [6.45, 7) is 6.64. The molecule has 4 heteroatoms. The maximum atomic E-state index is 12.0. The Kier molecular flexibility index (Phi) is 4.80. The summed E-state index contributed by atoms with van der Waals surface area (Å²) in [6.07, 6.45) is 0. The van der Waals surface area contributed by atoms with Crippen molar-refractivity contribution in [2.45, 2.75) is 26.2 Å². The van der Waals surface area contributed by atoms with Crippen LogP contribution in [0, 0.1) is 0 Å². The predicted octanol–water partition coefficient (Wildman–Crippen LogP) is 4.26. The Morgan fingerprint density at radius 1 is 0.952 bits per heavy atom. The van der Waals surface area contributed by atoms with Gasteiger partial charge >= 0.3 is 5.97 Å². The zero-order valence-corrected chi connectivity index (χ0v) is 13.6. The third-order valence-corrected chi connectivity index (χ3v) is 3.57. The second kappa shape index (κ2) is 6.59. The van der Waals surface area contributed by atoms with E-state index in [1.54, 1.807) is 12.1 Å². The van der Waals surface area contributed by atoms with Crippen LogP contribution in [-0.4, -0.2) is 14.3 Å². The SMILES string of the molecule is C[Si](C)(C)Oc1ccc(C(=O)OCc2ccccc2)cc1. The summed E-state index contributed by atoms with van der Waals surface area (Å²) in [5.41, 5.74) is 1.51. The van der Waals surface area contributed by atoms with Gasteiger partial charge in [-0.3, -0.25) is 0 Å². The van der Waals surface area contributed by atoms with Gasteiger partial charge in [0, 0.05) is 0 Å². The summed E-state index contributed by atoms with van der Waals surface area (Å²) in [5.74, 6) is 0.479. The Bertz CT molecular complexity index is 586. The lowest BCUT2D eigenvalue weighted by Crippen LogP contribution is -2.29. The Hall–Kier alpha value is -2.07. The van der Waals surface area contributed by atoms with Crippen molar-refractivity contribution in [1.29, 1.82) is 0 Å². The van der Waals surface area contributed by atoms with Gasteiger partial charge in [-0.05, 0) is 49.5 Å². The maximum Gasteiger partial charge on any atom is 0.338 e. The molecular formula is C17H20O3Si. The Labute approximate surface area is 126 Å². The molecule has 0 radical (unpaired) electrons. The molecule has 0 fully saturated rings. The summed E-state index contributed by atoms with van der Waals surface area (Å²) in [6, 6.07) is 16.7. The number of hydrogen-bond donors (Lipinski definition) is 0. The molecule has 3 nitrogen and oxygen atoms in total. The van der Waals surface area contributed by atoms with Gasteiger partial charge in [0.1, 0.15) is 12.4 Å². The highest BCUT2D eigenvalue weighted by atomic mass is 28.4. The lowest BCUT2D eigenvalue weighted by atomic mass is 10.2. The second-order valence-electron chi connectivity index (χ2n) is 5.80. The molecule has 0 bridgehead atoms. The molecule has 0 unspecified atom stereocenters. The number of rotatable bonds is 5. The molecule has 0 aliphatic carbocycles. The molecule has 21 heavy (non-hydrogen) atoms. The highest BCUT2D eigenvalue weighted by Crippen LogP contribution is 2.17. The summed E-state index contributed by atoms with van der Waals surface area (Å²) in [5, 5.41) is 0. The Morgan fingerprint density at radius 2 is 1.57 bits per heavy atom. The smallest absolute Gasteiger partial charge is 0.338 e. The molecule has 0 aromatic heterocycles. The minimum atomic E-state index is -1.62. The van der Waals surface area contributed by atoms with Crippen LogP contribution in [0.3, 0.4) is 0 Å². The van der Waals surface area contributed by atoms with E-state index < -0.39 is 8.32 Å². The van der Waals surface area contributed by atoms with Crippen LogP contribution in [0.1, 0.15) is 15.9 Å². The zero-order chi connectivity index (χ0) is 15.3. The predicted molar refractivity (Wildman–Crippen MR) is 86.0 cm³/mol. The van der Waals surface area contributed by atoms with Gasteiger partial charge in [-0.1, -0.05) is 30.3 Å². The van der Waals surface area contributed by atoms with E-state index in [0.717, 1.165) is 11.3 Å². The molecule has 0 spiro atoms. The molecule has 2 aromatic carbocycles. The average molecular weight is 300 g/mol. The number of carbonyl (C=O) groups excluding carboxylic acids is 1. The van der Waals surface area contributed by atoms with Crippen LogP contribution in [0.5, 0.6) is 5.75 Å². The van der Waals surface area contributed by atoms with E-state index in [1.807, 2.05) is 42.5 Å². The van der Waals surface area contributed by atoms with Crippen molar-refractivity contribution in [3.8, 4) is 5.75 Å². The van der Waals surface area contributed by atoms with Crippen molar-refractivity contribution in [2.75, 3.05) is 0 Å². The van der Waals surface area contributed by atoms with E-state index in [4.69, 9.17) is 9.16 Å². The summed E-state index contributed by atoms with van der Waals surface area (Å²) >= 11 is 0. The Morgan fingerprint density at radius 3 is 2.14 bits per heavy atom. The number of esters is 1. The molecule has 0 aliphatic heterocycles. The second-order valence-corrected chi connectivity index (χ2v) is 10.2. The molecule has 0 aliphatic rings. The monoisotopic (exact) mass is 300 g/mol. The van der Waals surface area contributed by atoms with Gasteiger partial charge in [0.15, 0.2) is 0 Å². The largest absolute Gasteiger partial charge is 0.544 e. The molecule has 0 amide bonds. The van der Waals surface area contributed by atoms with Crippen LogP contribution in [-0.2, 0) is 11.3 Å². The first-order chi connectivity index (χ1) is 9.94. The van der Waals surface area contributed by atoms with Crippen LogP contribution in [0.2, 0.25) is 19.6 Å². The third kappa shape index (κ3) is 5.08. The highest BCUT2D eigenvalue weighted by molar-refractivity contribution is 6.70. The van der Waals surface area contributed by atoms with Gasteiger partial charge in [0.25, 0.3) is 0 Å². The van der Waals surface area contributed by atoms with Gasteiger partial charge in [-0.2, -0.15) is 0 Å². The lowest BCUT2D eigenvalue weighted by Gasteiger charge is -2.19. The van der Waals surface area contributed by atoms with E-state index in [9.17, 15) is 4.79 Å². The number of hydrogen-bond acceptors (Lipinski definition) is 3. The van der Waals surface area contributed by atoms with Crippen LogP contribution in [0.25, 0.3) is 0 Å². The van der Waals surface area contributed by atoms with Gasteiger partial charge in [0.2, 0.25) is 8.32 Å². The van der Waals surface area contributed by atoms with Gasteiger partial charge in [-0.15, -0.1) is 0 Å². The summed E-state index contributed by atoms with van der Waals surface area (Å²) in [7, 11) is -1.62.